The molecule has 4 aliphatic rings. The van der Waals surface area contributed by atoms with Gasteiger partial charge in [0.05, 0.1) is 6.04 Å². The number of Topliss-reactive ketones (excluding diaryl/α,β-unsaturated/α-hetero) is 1. The molecule has 2 saturated carbocycles. The number of ketones is 1. The molecule has 0 radical (unpaired) electrons. The molecule has 276 valence electrons. The van der Waals surface area contributed by atoms with Crippen LogP contribution in [0.3, 0.4) is 0 Å². The number of hydrogen-bond acceptors (Lipinski definition) is 7. The van der Waals surface area contributed by atoms with Gasteiger partial charge in [-0.1, -0.05) is 90.0 Å². The van der Waals surface area contributed by atoms with E-state index < -0.39 is 69.4 Å². The monoisotopic (exact) mass is 688 g/mol. The maximum Gasteiger partial charge on any atom is 0.315 e. The third-order valence-corrected chi connectivity index (χ3v) is 11.3. The Hall–Kier alpha value is -3.51. The Morgan fingerprint density at radius 2 is 1.47 bits per heavy atom. The number of rotatable bonds is 10. The zero-order valence-corrected chi connectivity index (χ0v) is 30.5. The van der Waals surface area contributed by atoms with Crippen molar-refractivity contribution in [3.63, 3.8) is 0 Å². The van der Waals surface area contributed by atoms with Crippen molar-refractivity contribution in [2.45, 2.75) is 133 Å². The second-order valence-corrected chi connectivity index (χ2v) is 18.1. The summed E-state index contributed by atoms with van der Waals surface area (Å²) < 4.78 is 0. The second-order valence-electron chi connectivity index (χ2n) is 18.1. The molecule has 2 saturated heterocycles. The number of nitrogens with zero attached hydrogens (tertiary/aromatic N) is 2. The number of hydrogen-bond donors (Lipinski definition) is 4. The van der Waals surface area contributed by atoms with Crippen LogP contribution in [0.15, 0.2) is 0 Å². The number of nitrogens with two attached hydrogens (primary N) is 1. The fourth-order valence-corrected chi connectivity index (χ4v) is 7.92. The molecule has 2 aliphatic carbocycles. The highest BCUT2D eigenvalue weighted by molar-refractivity contribution is 6.40. The average molecular weight is 689 g/mol. The summed E-state index contributed by atoms with van der Waals surface area (Å²) in [5.41, 5.74) is 2.02. The molecule has 0 bridgehead atoms. The third-order valence-electron chi connectivity index (χ3n) is 11.3. The molecule has 49 heavy (non-hydrogen) atoms. The number of fused-ring (bicyclic) bond motifs is 1. The van der Waals surface area contributed by atoms with Crippen molar-refractivity contribution in [2.24, 2.45) is 45.1 Å². The molecule has 7 amide bonds. The lowest BCUT2D eigenvalue weighted by atomic mass is 9.80. The van der Waals surface area contributed by atoms with Crippen LogP contribution in [0.2, 0.25) is 0 Å². The first-order chi connectivity index (χ1) is 21.8. The summed E-state index contributed by atoms with van der Waals surface area (Å²) in [7, 11) is 0. The highest BCUT2D eigenvalue weighted by Gasteiger charge is 2.71. The first-order valence-corrected chi connectivity index (χ1v) is 17.2. The highest BCUT2D eigenvalue weighted by atomic mass is 16.2. The molecule has 0 aromatic heterocycles. The van der Waals surface area contributed by atoms with E-state index in [9.17, 15) is 33.6 Å². The molecule has 4 rings (SSSR count). The van der Waals surface area contributed by atoms with Gasteiger partial charge in [-0.15, -0.1) is 0 Å². The Morgan fingerprint density at radius 1 is 0.918 bits per heavy atom. The van der Waals surface area contributed by atoms with Crippen LogP contribution in [-0.2, 0) is 28.8 Å². The van der Waals surface area contributed by atoms with Gasteiger partial charge in [0.1, 0.15) is 17.6 Å². The molecule has 0 unspecified atom stereocenters. The third kappa shape index (κ3) is 7.65. The highest BCUT2D eigenvalue weighted by Crippen LogP contribution is 2.65. The van der Waals surface area contributed by atoms with Crippen molar-refractivity contribution in [3.8, 4) is 0 Å². The van der Waals surface area contributed by atoms with E-state index in [4.69, 9.17) is 5.73 Å². The minimum absolute atomic E-state index is 0. The quantitative estimate of drug-likeness (QED) is 0.201. The summed E-state index contributed by atoms with van der Waals surface area (Å²) in [6.07, 6.45) is 1.33. The Balaban J connectivity index is 0.00000650. The van der Waals surface area contributed by atoms with Gasteiger partial charge in [-0.2, -0.15) is 0 Å². The van der Waals surface area contributed by atoms with E-state index in [1.807, 2.05) is 76.2 Å². The Labute approximate surface area is 291 Å². The van der Waals surface area contributed by atoms with E-state index in [0.29, 0.717) is 19.4 Å². The van der Waals surface area contributed by atoms with Crippen LogP contribution in [-0.4, -0.2) is 87.9 Å². The number of amides is 7. The molecule has 2 heterocycles. The minimum atomic E-state index is -1.36. The van der Waals surface area contributed by atoms with Crippen molar-refractivity contribution < 1.29 is 33.6 Å². The van der Waals surface area contributed by atoms with Gasteiger partial charge in [0, 0.05) is 25.9 Å². The molecular weight excluding hydrogens is 628 g/mol. The summed E-state index contributed by atoms with van der Waals surface area (Å²) in [6, 6.07) is -3.20. The van der Waals surface area contributed by atoms with Gasteiger partial charge in [0.15, 0.2) is 0 Å². The molecule has 5 N–H and O–H groups in total. The Bertz CT molecular complexity index is 1390. The van der Waals surface area contributed by atoms with Crippen molar-refractivity contribution >= 4 is 41.4 Å². The number of imide groups is 1. The molecule has 0 aromatic carbocycles. The van der Waals surface area contributed by atoms with Crippen molar-refractivity contribution in [3.05, 3.63) is 0 Å². The Morgan fingerprint density at radius 3 is 1.92 bits per heavy atom. The smallest absolute Gasteiger partial charge is 0.315 e. The molecule has 0 spiro atoms. The number of piperidine rings is 2. The van der Waals surface area contributed by atoms with E-state index in [-0.39, 0.29) is 61.8 Å². The van der Waals surface area contributed by atoms with Gasteiger partial charge in [-0.25, -0.2) is 4.79 Å². The topological polar surface area (TPSA) is 188 Å². The van der Waals surface area contributed by atoms with Crippen LogP contribution in [0.5, 0.6) is 0 Å². The summed E-state index contributed by atoms with van der Waals surface area (Å²) in [5.74, 6) is -3.79. The van der Waals surface area contributed by atoms with E-state index >= 15 is 0 Å². The molecule has 0 aromatic rings. The van der Waals surface area contributed by atoms with Gasteiger partial charge in [0.25, 0.3) is 5.91 Å². The number of nitrogens with one attached hydrogen (secondary N) is 3. The predicted molar refractivity (Wildman–Crippen MR) is 184 cm³/mol. The number of carbonyl (C=O) groups excluding carboxylic acids is 7. The maximum atomic E-state index is 14.4. The van der Waals surface area contributed by atoms with Crippen LogP contribution in [0.4, 0.5) is 4.79 Å². The number of carbonyl (C=O) groups is 7. The number of likely N-dealkylation sites (tertiary alicyclic amines) is 2. The first kappa shape index (κ1) is 39.9. The van der Waals surface area contributed by atoms with E-state index in [0.717, 1.165) is 0 Å². The van der Waals surface area contributed by atoms with Crippen molar-refractivity contribution in [1.82, 2.24) is 25.8 Å². The van der Waals surface area contributed by atoms with Crippen LogP contribution in [0.1, 0.15) is 109 Å². The van der Waals surface area contributed by atoms with E-state index in [1.54, 1.807) is 0 Å². The summed E-state index contributed by atoms with van der Waals surface area (Å²) >= 11 is 0. The van der Waals surface area contributed by atoms with E-state index in [2.05, 4.69) is 16.0 Å². The van der Waals surface area contributed by atoms with Gasteiger partial charge < -0.3 is 26.6 Å². The van der Waals surface area contributed by atoms with Crippen LogP contribution >= 0.6 is 0 Å². The van der Waals surface area contributed by atoms with Crippen molar-refractivity contribution in [1.29, 1.82) is 0 Å². The van der Waals surface area contributed by atoms with Gasteiger partial charge >= 0.3 is 6.03 Å². The molecule has 7 atom stereocenters. The molecular formula is C36H60N6O7. The zero-order chi connectivity index (χ0) is 36.5. The fraction of sp³-hybridized carbons (Fsp3) is 0.806. The average Bonchev–Trinajstić information content (AvgIpc) is 3.68. The molecule has 2 aliphatic heterocycles. The fourth-order valence-electron chi connectivity index (χ4n) is 7.92. The molecule has 4 fully saturated rings. The Kier molecular flexibility index (Phi) is 10.6. The van der Waals surface area contributed by atoms with Crippen LogP contribution < -0.4 is 21.7 Å². The maximum absolute atomic E-state index is 14.4. The summed E-state index contributed by atoms with van der Waals surface area (Å²) in [6.45, 7) is 21.1. The second kappa shape index (κ2) is 13.0. The molecule has 13 heteroatoms. The van der Waals surface area contributed by atoms with Gasteiger partial charge in [0.2, 0.25) is 29.4 Å². The largest absolute Gasteiger partial charge is 0.363 e. The summed E-state index contributed by atoms with van der Waals surface area (Å²) in [4.78, 5) is 95.3. The van der Waals surface area contributed by atoms with Gasteiger partial charge in [-0.05, 0) is 45.8 Å². The zero-order valence-electron chi connectivity index (χ0n) is 30.5. The molecule has 13 nitrogen and oxygen atoms in total. The van der Waals surface area contributed by atoms with E-state index in [1.165, 1.54) is 9.80 Å². The van der Waals surface area contributed by atoms with Gasteiger partial charge in [-0.3, -0.25) is 33.7 Å². The number of urea groups is 1. The normalized spacial score (nSPS) is 29.5. The predicted octanol–water partition coefficient (Wildman–Crippen LogP) is 2.75. The lowest BCUT2D eigenvalue weighted by Gasteiger charge is -2.41. The summed E-state index contributed by atoms with van der Waals surface area (Å²) in [5, 5.41) is 8.62. The minimum Gasteiger partial charge on any atom is -0.363 e. The van der Waals surface area contributed by atoms with Crippen molar-refractivity contribution in [2.75, 3.05) is 13.1 Å². The van der Waals surface area contributed by atoms with Crippen LogP contribution in [0, 0.1) is 39.4 Å². The lowest BCUT2D eigenvalue weighted by molar-refractivity contribution is -0.153. The SMILES string of the molecule is C.CC[C@H]1C[C@]1(NC(=O)[C@@H]1[C@@H]2[C@H](CN1C(=O)[C@@H](NC(=O)N[C@H](CN1C(=O)CC(C)(C)CC1=O)C(C)(C)C)C(C)(C)C)C2(C)C)C(=O)C(N)=O. The lowest BCUT2D eigenvalue weighted by Crippen LogP contribution is -2.63. The first-order valence-electron chi connectivity index (χ1n) is 17.2. The van der Waals surface area contributed by atoms with Crippen LogP contribution in [0.25, 0.3) is 0 Å². The number of primary amides is 1. The standard InChI is InChI=1S/C35H56N6O7.CH4/c1-12-18-13-35(18,26(44)27(36)45)39-28(46)24-23-19(34(23,10)11)16-41(24)29(47)25(32(5,6)7)38-30(48)37-20(31(2,3)4)17-40-21(42)14-33(8,9)15-22(40)43;/h18-20,23-25H,12-17H2,1-11H3,(H2,36,45)(H,39,46)(H2,37,38,48);1H4/t18-,19-,20+,23-,24-,25+,35+;/m0./s1.